The molecule has 1 amide bonds. The molecule has 122 valence electrons. The van der Waals surface area contributed by atoms with E-state index in [1.54, 1.807) is 11.0 Å². The van der Waals surface area contributed by atoms with Gasteiger partial charge in [0.05, 0.1) is 22.6 Å². The number of rotatable bonds is 3. The largest absolute Gasteiger partial charge is 0.335 e. The second-order valence-corrected chi connectivity index (χ2v) is 8.21. The lowest BCUT2D eigenvalue weighted by atomic mass is 10.1. The van der Waals surface area contributed by atoms with Gasteiger partial charge in [-0.25, -0.2) is 8.42 Å². The molecule has 1 aliphatic rings. The van der Waals surface area contributed by atoms with Crippen LogP contribution in [0.5, 0.6) is 0 Å². The van der Waals surface area contributed by atoms with Gasteiger partial charge in [-0.3, -0.25) is 9.78 Å². The minimum absolute atomic E-state index is 0.0641. The molecular formula is C17H20N2O3S. The number of nitrogens with zero attached hydrogens (tertiary/aromatic N) is 2. The number of hydrogen-bond acceptors (Lipinski definition) is 4. The fourth-order valence-electron chi connectivity index (χ4n) is 3.23. The van der Waals surface area contributed by atoms with Crippen LogP contribution in [0.4, 0.5) is 0 Å². The van der Waals surface area contributed by atoms with Crippen molar-refractivity contribution < 1.29 is 13.2 Å². The van der Waals surface area contributed by atoms with Crippen LogP contribution in [0, 0.1) is 6.92 Å². The molecule has 2 aromatic rings. The Morgan fingerprint density at radius 2 is 2.09 bits per heavy atom. The number of aryl methyl sites for hydroxylation is 1. The molecule has 3 rings (SSSR count). The van der Waals surface area contributed by atoms with Crippen LogP contribution in [0.2, 0.25) is 0 Å². The molecule has 1 aromatic heterocycles. The molecule has 1 saturated heterocycles. The van der Waals surface area contributed by atoms with Crippen LogP contribution in [0.3, 0.4) is 0 Å². The van der Waals surface area contributed by atoms with Gasteiger partial charge in [-0.2, -0.15) is 0 Å². The monoisotopic (exact) mass is 332 g/mol. The van der Waals surface area contributed by atoms with Crippen LogP contribution in [-0.4, -0.2) is 48.3 Å². The van der Waals surface area contributed by atoms with E-state index >= 15 is 0 Å². The highest BCUT2D eigenvalue weighted by molar-refractivity contribution is 7.91. The first-order chi connectivity index (χ1) is 10.9. The molecule has 1 atom stereocenters. The molecule has 0 saturated carbocycles. The molecule has 0 bridgehead atoms. The summed E-state index contributed by atoms with van der Waals surface area (Å²) in [6.45, 7) is 4.24. The van der Waals surface area contributed by atoms with E-state index in [1.165, 1.54) is 0 Å². The Bertz CT molecular complexity index is 861. The Labute approximate surface area is 136 Å². The highest BCUT2D eigenvalue weighted by atomic mass is 32.2. The summed E-state index contributed by atoms with van der Waals surface area (Å²) in [5, 5.41) is 0.808. The smallest absolute Gasteiger partial charge is 0.254 e. The van der Waals surface area contributed by atoms with Crippen molar-refractivity contribution in [1.29, 1.82) is 0 Å². The number of carbonyl (C=O) groups excluding carboxylic acids is 1. The van der Waals surface area contributed by atoms with Crippen LogP contribution in [0.15, 0.2) is 30.3 Å². The van der Waals surface area contributed by atoms with Gasteiger partial charge >= 0.3 is 0 Å². The van der Waals surface area contributed by atoms with Crippen molar-refractivity contribution in [3.8, 4) is 0 Å². The number of benzene rings is 1. The molecule has 1 aromatic carbocycles. The molecule has 0 N–H and O–H groups in total. The summed E-state index contributed by atoms with van der Waals surface area (Å²) in [5.74, 6) is 0.114. The lowest BCUT2D eigenvalue weighted by Crippen LogP contribution is -2.41. The van der Waals surface area contributed by atoms with Gasteiger partial charge in [0.2, 0.25) is 0 Å². The van der Waals surface area contributed by atoms with E-state index in [2.05, 4.69) is 4.98 Å². The number of sulfone groups is 1. The molecule has 1 aliphatic heterocycles. The first kappa shape index (κ1) is 15.9. The Morgan fingerprint density at radius 1 is 1.35 bits per heavy atom. The number of para-hydroxylation sites is 1. The van der Waals surface area contributed by atoms with Crippen LogP contribution >= 0.6 is 0 Å². The van der Waals surface area contributed by atoms with Crippen molar-refractivity contribution in [2.45, 2.75) is 26.3 Å². The number of fused-ring (bicyclic) bond motifs is 1. The zero-order chi connectivity index (χ0) is 16.6. The molecular weight excluding hydrogens is 312 g/mol. The number of carbonyl (C=O) groups is 1. The molecule has 0 radical (unpaired) electrons. The maximum absolute atomic E-state index is 13.0. The normalized spacial score (nSPS) is 19.8. The predicted molar refractivity (Wildman–Crippen MR) is 90.2 cm³/mol. The fraction of sp³-hybridized carbons (Fsp3) is 0.412. The second kappa shape index (κ2) is 5.92. The first-order valence-corrected chi connectivity index (χ1v) is 9.61. The third-order valence-electron chi connectivity index (χ3n) is 4.33. The average molecular weight is 332 g/mol. The topological polar surface area (TPSA) is 67.3 Å². The molecule has 5 nitrogen and oxygen atoms in total. The SMILES string of the molecule is CCN(C(=O)c1cc(C)nc2ccccc12)C1CCS(=O)(=O)C1. The summed E-state index contributed by atoms with van der Waals surface area (Å²) >= 11 is 0. The Kier molecular flexibility index (Phi) is 4.10. The van der Waals surface area contributed by atoms with E-state index in [1.807, 2.05) is 38.1 Å². The minimum Gasteiger partial charge on any atom is -0.335 e. The first-order valence-electron chi connectivity index (χ1n) is 7.79. The minimum atomic E-state index is -3.02. The molecule has 23 heavy (non-hydrogen) atoms. The zero-order valence-electron chi connectivity index (χ0n) is 13.3. The van der Waals surface area contributed by atoms with Gasteiger partial charge in [-0.1, -0.05) is 18.2 Å². The van der Waals surface area contributed by atoms with Gasteiger partial charge in [0.25, 0.3) is 5.91 Å². The predicted octanol–water partition coefficient (Wildman–Crippen LogP) is 2.19. The maximum atomic E-state index is 13.0. The second-order valence-electron chi connectivity index (χ2n) is 5.98. The quantitative estimate of drug-likeness (QED) is 0.864. The molecule has 0 spiro atoms. The van der Waals surface area contributed by atoms with E-state index in [9.17, 15) is 13.2 Å². The van der Waals surface area contributed by atoms with E-state index in [4.69, 9.17) is 0 Å². The zero-order valence-corrected chi connectivity index (χ0v) is 14.1. The van der Waals surface area contributed by atoms with Crippen molar-refractivity contribution in [1.82, 2.24) is 9.88 Å². The van der Waals surface area contributed by atoms with E-state index < -0.39 is 9.84 Å². The van der Waals surface area contributed by atoms with Gasteiger partial charge in [0.1, 0.15) is 0 Å². The molecule has 2 heterocycles. The van der Waals surface area contributed by atoms with E-state index in [-0.39, 0.29) is 23.5 Å². The number of pyridine rings is 1. The summed E-state index contributed by atoms with van der Waals surface area (Å²) < 4.78 is 23.5. The van der Waals surface area contributed by atoms with E-state index in [0.717, 1.165) is 16.6 Å². The van der Waals surface area contributed by atoms with Crippen LogP contribution in [0.1, 0.15) is 29.4 Å². The van der Waals surface area contributed by atoms with Crippen molar-refractivity contribution in [3.05, 3.63) is 41.6 Å². The Balaban J connectivity index is 2.02. The van der Waals surface area contributed by atoms with Crippen LogP contribution in [-0.2, 0) is 9.84 Å². The van der Waals surface area contributed by atoms with Gasteiger partial charge in [0.15, 0.2) is 9.84 Å². The van der Waals surface area contributed by atoms with Gasteiger partial charge in [-0.15, -0.1) is 0 Å². The number of aromatic nitrogens is 1. The van der Waals surface area contributed by atoms with E-state index in [0.29, 0.717) is 18.5 Å². The Morgan fingerprint density at radius 3 is 2.74 bits per heavy atom. The summed E-state index contributed by atoms with van der Waals surface area (Å²) in [6.07, 6.45) is 0.518. The summed E-state index contributed by atoms with van der Waals surface area (Å²) in [6, 6.07) is 9.10. The molecule has 6 heteroatoms. The highest BCUT2D eigenvalue weighted by Crippen LogP contribution is 2.24. The van der Waals surface area contributed by atoms with Gasteiger partial charge in [-0.05, 0) is 32.4 Å². The molecule has 1 unspecified atom stereocenters. The standard InChI is InChI=1S/C17H20N2O3S/c1-3-19(13-8-9-23(21,22)11-13)17(20)15-10-12(2)18-16-7-5-4-6-14(15)16/h4-7,10,13H,3,8-9,11H2,1-2H3. The van der Waals surface area contributed by atoms with Gasteiger partial charge < -0.3 is 4.90 Å². The third kappa shape index (κ3) is 3.08. The van der Waals surface area contributed by atoms with Crippen molar-refractivity contribution in [3.63, 3.8) is 0 Å². The van der Waals surface area contributed by atoms with Crippen molar-refractivity contribution in [2.24, 2.45) is 0 Å². The summed E-state index contributed by atoms with van der Waals surface area (Å²) in [4.78, 5) is 19.2. The van der Waals surface area contributed by atoms with Crippen LogP contribution in [0.25, 0.3) is 10.9 Å². The summed E-state index contributed by atoms with van der Waals surface area (Å²) in [5.41, 5.74) is 2.16. The lowest BCUT2D eigenvalue weighted by Gasteiger charge is -2.27. The average Bonchev–Trinajstić information content (AvgIpc) is 2.86. The number of hydrogen-bond donors (Lipinski definition) is 0. The molecule has 0 aliphatic carbocycles. The van der Waals surface area contributed by atoms with Crippen LogP contribution < -0.4 is 0 Å². The summed E-state index contributed by atoms with van der Waals surface area (Å²) in [7, 11) is -3.02. The van der Waals surface area contributed by atoms with Crippen molar-refractivity contribution >= 4 is 26.6 Å². The molecule has 1 fully saturated rings. The van der Waals surface area contributed by atoms with Crippen molar-refractivity contribution in [2.75, 3.05) is 18.1 Å². The van der Waals surface area contributed by atoms with Gasteiger partial charge in [0, 0.05) is 23.7 Å². The highest BCUT2D eigenvalue weighted by Gasteiger charge is 2.34. The lowest BCUT2D eigenvalue weighted by molar-refractivity contribution is 0.0710. The number of amides is 1. The third-order valence-corrected chi connectivity index (χ3v) is 6.08. The maximum Gasteiger partial charge on any atom is 0.254 e. The Hall–Kier alpha value is -1.95. The fourth-order valence-corrected chi connectivity index (χ4v) is 4.96.